The molecule has 0 radical (unpaired) electrons. The molecule has 2 aromatic heterocycles. The summed E-state index contributed by atoms with van der Waals surface area (Å²) in [5, 5.41) is 14.2. The molecule has 0 saturated carbocycles. The second-order valence-corrected chi connectivity index (χ2v) is 11.4. The number of hydrogen-bond acceptors (Lipinski definition) is 9. The number of esters is 1. The molecule has 0 fully saturated rings. The van der Waals surface area contributed by atoms with Gasteiger partial charge in [0.15, 0.2) is 4.34 Å². The number of aromatic nitrogens is 2. The summed E-state index contributed by atoms with van der Waals surface area (Å²) >= 11 is 3.90. The van der Waals surface area contributed by atoms with Gasteiger partial charge in [-0.05, 0) is 57.7 Å². The molecule has 3 aromatic rings. The Balaban J connectivity index is 1.39. The van der Waals surface area contributed by atoms with Crippen molar-refractivity contribution in [1.82, 2.24) is 10.2 Å². The predicted octanol–water partition coefficient (Wildman–Crippen LogP) is 4.95. The number of ether oxygens (including phenoxy) is 1. The van der Waals surface area contributed by atoms with Crippen molar-refractivity contribution >= 4 is 62.4 Å². The average Bonchev–Trinajstić information content (AvgIpc) is 3.50. The van der Waals surface area contributed by atoms with Crippen molar-refractivity contribution in [3.8, 4) is 0 Å². The lowest BCUT2D eigenvalue weighted by molar-refractivity contribution is -0.115. The van der Waals surface area contributed by atoms with Crippen molar-refractivity contribution in [2.24, 2.45) is 0 Å². The molecule has 4 rings (SSSR count). The highest BCUT2D eigenvalue weighted by molar-refractivity contribution is 8.02. The Bertz CT molecular complexity index is 1240. The van der Waals surface area contributed by atoms with Crippen molar-refractivity contribution in [3.63, 3.8) is 0 Å². The Morgan fingerprint density at radius 2 is 2.00 bits per heavy atom. The smallest absolute Gasteiger partial charge is 0.341 e. The van der Waals surface area contributed by atoms with Gasteiger partial charge in [0, 0.05) is 10.4 Å². The Morgan fingerprint density at radius 1 is 1.18 bits per heavy atom. The van der Waals surface area contributed by atoms with Gasteiger partial charge in [-0.3, -0.25) is 14.9 Å². The van der Waals surface area contributed by atoms with Crippen LogP contribution in [0.3, 0.4) is 0 Å². The molecule has 1 unspecified atom stereocenters. The first-order valence-corrected chi connectivity index (χ1v) is 13.4. The highest BCUT2D eigenvalue weighted by atomic mass is 32.2. The zero-order valence-electron chi connectivity index (χ0n) is 19.0. The van der Waals surface area contributed by atoms with E-state index in [-0.39, 0.29) is 18.4 Å². The Kier molecular flexibility index (Phi) is 7.64. The molecule has 1 atom stereocenters. The summed E-state index contributed by atoms with van der Waals surface area (Å²) in [6.45, 7) is 5.73. The van der Waals surface area contributed by atoms with Crippen LogP contribution in [0.5, 0.6) is 0 Å². The van der Waals surface area contributed by atoms with E-state index >= 15 is 0 Å². The summed E-state index contributed by atoms with van der Waals surface area (Å²) in [6, 6.07) is 7.27. The van der Waals surface area contributed by atoms with Gasteiger partial charge in [0.05, 0.1) is 17.4 Å². The number of anilines is 2. The van der Waals surface area contributed by atoms with Crippen LogP contribution < -0.4 is 10.6 Å². The van der Waals surface area contributed by atoms with Gasteiger partial charge in [-0.2, -0.15) is 0 Å². The van der Waals surface area contributed by atoms with E-state index in [0.29, 0.717) is 25.6 Å². The third-order valence-corrected chi connectivity index (χ3v) is 8.42. The zero-order valence-corrected chi connectivity index (χ0v) is 21.4. The molecule has 2 N–H and O–H groups in total. The zero-order chi connectivity index (χ0) is 24.2. The van der Waals surface area contributed by atoms with Gasteiger partial charge < -0.3 is 10.1 Å². The van der Waals surface area contributed by atoms with Crippen LogP contribution >= 0.6 is 34.4 Å². The SMILES string of the molecule is CCOC(=O)c1c(NC(=O)C(C)Sc2nnc(NC(=O)c3cccc(C)c3)s2)sc2c1CCC2. The molecule has 178 valence electrons. The number of hydrogen-bond donors (Lipinski definition) is 2. The number of fused-ring (bicyclic) bond motifs is 1. The topological polar surface area (TPSA) is 110 Å². The van der Waals surface area contributed by atoms with E-state index in [4.69, 9.17) is 4.74 Å². The van der Waals surface area contributed by atoms with E-state index in [0.717, 1.165) is 35.3 Å². The molecule has 34 heavy (non-hydrogen) atoms. The summed E-state index contributed by atoms with van der Waals surface area (Å²) in [6.07, 6.45) is 2.74. The van der Waals surface area contributed by atoms with Gasteiger partial charge in [0.2, 0.25) is 11.0 Å². The molecule has 2 amide bonds. The molecule has 8 nitrogen and oxygen atoms in total. The molecular weight excluding hydrogens is 492 g/mol. The van der Waals surface area contributed by atoms with E-state index in [1.807, 2.05) is 19.1 Å². The maximum absolute atomic E-state index is 12.9. The number of rotatable bonds is 8. The summed E-state index contributed by atoms with van der Waals surface area (Å²) in [4.78, 5) is 39.0. The first kappa shape index (κ1) is 24.4. The largest absolute Gasteiger partial charge is 0.462 e. The average molecular weight is 517 g/mol. The van der Waals surface area contributed by atoms with Crippen molar-refractivity contribution < 1.29 is 19.1 Å². The number of carbonyl (C=O) groups is 3. The summed E-state index contributed by atoms with van der Waals surface area (Å²) < 4.78 is 5.78. The molecule has 1 aliphatic rings. The normalized spacial score (nSPS) is 13.3. The lowest BCUT2D eigenvalue weighted by Crippen LogP contribution is -2.23. The van der Waals surface area contributed by atoms with Crippen LogP contribution in [0.4, 0.5) is 10.1 Å². The highest BCUT2D eigenvalue weighted by Crippen LogP contribution is 2.40. The molecule has 0 bridgehead atoms. The van der Waals surface area contributed by atoms with E-state index in [1.54, 1.807) is 26.0 Å². The summed E-state index contributed by atoms with van der Waals surface area (Å²) in [5.74, 6) is -0.897. The van der Waals surface area contributed by atoms with Crippen molar-refractivity contribution in [1.29, 1.82) is 0 Å². The van der Waals surface area contributed by atoms with Crippen LogP contribution in [0, 0.1) is 6.92 Å². The number of amides is 2. The van der Waals surface area contributed by atoms with E-state index < -0.39 is 11.2 Å². The standard InChI is InChI=1S/C23H24N4O4S3/c1-4-31-21(30)17-15-9-6-10-16(15)33-20(17)24-18(28)13(3)32-23-27-26-22(34-23)25-19(29)14-8-5-7-12(2)11-14/h5,7-8,11,13H,4,6,9-10H2,1-3H3,(H,24,28)(H,25,26,29). The third kappa shape index (κ3) is 5.48. The molecule has 0 spiro atoms. The van der Waals surface area contributed by atoms with Crippen LogP contribution in [-0.4, -0.2) is 39.8 Å². The van der Waals surface area contributed by atoms with Gasteiger partial charge in [-0.1, -0.05) is 40.8 Å². The lowest BCUT2D eigenvalue weighted by atomic mass is 10.1. The number of thioether (sulfide) groups is 1. The highest BCUT2D eigenvalue weighted by Gasteiger charge is 2.29. The van der Waals surface area contributed by atoms with Gasteiger partial charge in [0.1, 0.15) is 5.00 Å². The number of carbonyl (C=O) groups excluding carboxylic acids is 3. The maximum Gasteiger partial charge on any atom is 0.341 e. The van der Waals surface area contributed by atoms with E-state index in [2.05, 4.69) is 20.8 Å². The van der Waals surface area contributed by atoms with Crippen LogP contribution in [0.1, 0.15) is 57.0 Å². The Morgan fingerprint density at radius 3 is 2.76 bits per heavy atom. The first-order chi connectivity index (χ1) is 16.4. The molecule has 2 heterocycles. The monoisotopic (exact) mass is 516 g/mol. The van der Waals surface area contributed by atoms with Crippen LogP contribution in [0.25, 0.3) is 0 Å². The fraction of sp³-hybridized carbons (Fsp3) is 0.348. The Labute approximate surface area is 209 Å². The number of benzene rings is 1. The number of nitrogens with zero attached hydrogens (tertiary/aromatic N) is 2. The molecule has 0 aliphatic heterocycles. The fourth-order valence-corrected chi connectivity index (χ4v) is 6.76. The third-order valence-electron chi connectivity index (χ3n) is 5.19. The minimum Gasteiger partial charge on any atom is -0.462 e. The minimum atomic E-state index is -0.486. The number of nitrogens with one attached hydrogen (secondary N) is 2. The fourth-order valence-electron chi connectivity index (χ4n) is 3.59. The number of aryl methyl sites for hydroxylation is 2. The predicted molar refractivity (Wildman–Crippen MR) is 135 cm³/mol. The second-order valence-electron chi connectivity index (χ2n) is 7.73. The van der Waals surface area contributed by atoms with Crippen molar-refractivity contribution in [2.75, 3.05) is 17.2 Å². The van der Waals surface area contributed by atoms with Crippen molar-refractivity contribution in [2.45, 2.75) is 49.6 Å². The lowest BCUT2D eigenvalue weighted by Gasteiger charge is -2.11. The molecule has 1 aromatic carbocycles. The molecule has 11 heteroatoms. The molecular formula is C23H24N4O4S3. The Hall–Kier alpha value is -2.76. The minimum absolute atomic E-state index is 0.240. The van der Waals surface area contributed by atoms with Crippen LogP contribution in [0.2, 0.25) is 0 Å². The van der Waals surface area contributed by atoms with E-state index in [9.17, 15) is 14.4 Å². The number of thiophene rings is 1. The van der Waals surface area contributed by atoms with Crippen LogP contribution in [-0.2, 0) is 22.4 Å². The van der Waals surface area contributed by atoms with Crippen LogP contribution in [0.15, 0.2) is 28.6 Å². The van der Waals surface area contributed by atoms with Crippen molar-refractivity contribution in [3.05, 3.63) is 51.4 Å². The van der Waals surface area contributed by atoms with E-state index in [1.165, 1.54) is 34.4 Å². The molecule has 1 aliphatic carbocycles. The summed E-state index contributed by atoms with van der Waals surface area (Å²) in [5.41, 5.74) is 3.01. The van der Waals surface area contributed by atoms with Gasteiger partial charge in [0.25, 0.3) is 5.91 Å². The summed E-state index contributed by atoms with van der Waals surface area (Å²) in [7, 11) is 0. The maximum atomic E-state index is 12.9. The van der Waals surface area contributed by atoms with Gasteiger partial charge in [-0.25, -0.2) is 4.79 Å². The first-order valence-electron chi connectivity index (χ1n) is 10.9. The second kappa shape index (κ2) is 10.7. The van der Waals surface area contributed by atoms with Gasteiger partial charge >= 0.3 is 5.97 Å². The quantitative estimate of drug-likeness (QED) is 0.248. The van der Waals surface area contributed by atoms with Gasteiger partial charge in [-0.15, -0.1) is 21.5 Å². The molecule has 0 saturated heterocycles.